The minimum atomic E-state index is -0.930. The summed E-state index contributed by atoms with van der Waals surface area (Å²) >= 11 is 0. The van der Waals surface area contributed by atoms with Gasteiger partial charge in [0.1, 0.15) is 11.5 Å². The quantitative estimate of drug-likeness (QED) is 0.178. The topological polar surface area (TPSA) is 128 Å². The second kappa shape index (κ2) is 13.1. The van der Waals surface area contributed by atoms with Gasteiger partial charge in [-0.1, -0.05) is 90.0 Å². The summed E-state index contributed by atoms with van der Waals surface area (Å²) in [6.45, 7) is 0.843. The Balaban J connectivity index is 1.09. The Bertz CT molecular complexity index is 2090. The number of aromatic nitrogens is 5. The van der Waals surface area contributed by atoms with Gasteiger partial charge in [0.05, 0.1) is 18.9 Å². The highest BCUT2D eigenvalue weighted by Gasteiger charge is 2.29. The minimum Gasteiger partial charge on any atom is -0.402 e. The number of nitrogens with one attached hydrogen (secondary N) is 1. The molecule has 1 aliphatic heterocycles. The number of carbonyl (C=O) groups is 1. The molecule has 1 fully saturated rings. The molecule has 0 amide bonds. The Morgan fingerprint density at radius 1 is 0.750 bits per heavy atom. The molecular formula is C38H31N7O3. The van der Waals surface area contributed by atoms with Crippen molar-refractivity contribution in [2.45, 2.75) is 44.6 Å². The van der Waals surface area contributed by atoms with Crippen LogP contribution >= 0.6 is 0 Å². The molecule has 4 heterocycles. The average molecular weight is 634 g/mol. The Morgan fingerprint density at radius 3 is 2.27 bits per heavy atom. The number of ether oxygens (including phenoxy) is 1. The van der Waals surface area contributed by atoms with E-state index in [4.69, 9.17) is 19.1 Å². The number of pyridine rings is 1. The number of nitrogens with zero attached hydrogens (tertiary/aromatic N) is 6. The van der Waals surface area contributed by atoms with Crippen molar-refractivity contribution in [3.8, 4) is 22.7 Å². The lowest BCUT2D eigenvalue weighted by Gasteiger charge is -2.12. The maximum absolute atomic E-state index is 13.5. The van der Waals surface area contributed by atoms with Crippen LogP contribution < -0.4 is 5.32 Å². The smallest absolute Gasteiger partial charge is 0.317 e. The highest BCUT2D eigenvalue weighted by Crippen LogP contribution is 2.38. The molecule has 1 aliphatic carbocycles. The lowest BCUT2D eigenvalue weighted by atomic mass is 9.96. The number of fused-ring (bicyclic) bond motifs is 1. The fourth-order valence-electron chi connectivity index (χ4n) is 5.76. The van der Waals surface area contributed by atoms with E-state index in [0.29, 0.717) is 24.8 Å². The van der Waals surface area contributed by atoms with E-state index in [1.165, 1.54) is 0 Å². The molecule has 8 rings (SSSR count). The second-order valence-electron chi connectivity index (χ2n) is 11.9. The molecule has 10 heteroatoms. The first-order chi connectivity index (χ1) is 23.7. The van der Waals surface area contributed by atoms with Crippen LogP contribution in [0.25, 0.3) is 22.7 Å². The molecule has 3 aromatic heterocycles. The first-order valence-electron chi connectivity index (χ1n) is 16.0. The summed E-state index contributed by atoms with van der Waals surface area (Å²) in [5.41, 5.74) is 7.41. The molecule has 2 aliphatic rings. The molecule has 0 unspecified atom stereocenters. The third-order valence-electron chi connectivity index (χ3n) is 8.39. The third kappa shape index (κ3) is 6.38. The lowest BCUT2D eigenvalue weighted by Crippen LogP contribution is -2.29. The number of rotatable bonds is 10. The molecule has 1 saturated carbocycles. The molecule has 3 aromatic carbocycles. The zero-order valence-corrected chi connectivity index (χ0v) is 26.0. The fraction of sp³-hybridized carbons (Fsp3) is 0.184. The van der Waals surface area contributed by atoms with Crippen LogP contribution in [0.3, 0.4) is 0 Å². The van der Waals surface area contributed by atoms with Crippen molar-refractivity contribution in [1.82, 2.24) is 25.1 Å². The summed E-state index contributed by atoms with van der Waals surface area (Å²) in [4.78, 5) is 32.4. The van der Waals surface area contributed by atoms with Gasteiger partial charge in [-0.3, -0.25) is 14.8 Å². The average Bonchev–Trinajstić information content (AvgIpc) is 3.91. The van der Waals surface area contributed by atoms with Gasteiger partial charge in [0.2, 0.25) is 0 Å². The van der Waals surface area contributed by atoms with Crippen LogP contribution in [0.5, 0.6) is 0 Å². The molecule has 0 radical (unpaired) electrons. The first-order valence-corrected chi connectivity index (χ1v) is 16.0. The summed E-state index contributed by atoms with van der Waals surface area (Å²) in [7, 11) is 0. The van der Waals surface area contributed by atoms with Crippen LogP contribution in [0.1, 0.15) is 52.4 Å². The number of anilines is 1. The Morgan fingerprint density at radius 2 is 1.48 bits per heavy atom. The van der Waals surface area contributed by atoms with Crippen LogP contribution in [0.4, 0.5) is 6.01 Å². The molecule has 48 heavy (non-hydrogen) atoms. The van der Waals surface area contributed by atoms with Gasteiger partial charge in [0.25, 0.3) is 5.89 Å². The largest absolute Gasteiger partial charge is 0.402 e. The molecule has 1 N–H and O–H groups in total. The van der Waals surface area contributed by atoms with Crippen LogP contribution in [0.15, 0.2) is 119 Å². The van der Waals surface area contributed by atoms with Gasteiger partial charge >= 0.3 is 6.01 Å². The molecule has 0 saturated heterocycles. The van der Waals surface area contributed by atoms with E-state index < -0.39 is 6.17 Å². The second-order valence-corrected chi connectivity index (χ2v) is 11.9. The summed E-state index contributed by atoms with van der Waals surface area (Å²) in [6.07, 6.45) is 6.88. The van der Waals surface area contributed by atoms with Gasteiger partial charge in [0.15, 0.2) is 11.9 Å². The van der Waals surface area contributed by atoms with Crippen molar-refractivity contribution in [3.63, 3.8) is 0 Å². The van der Waals surface area contributed by atoms with Crippen molar-refractivity contribution in [2.75, 3.05) is 5.32 Å². The van der Waals surface area contributed by atoms with E-state index in [1.54, 1.807) is 6.20 Å². The van der Waals surface area contributed by atoms with E-state index in [0.717, 1.165) is 63.3 Å². The summed E-state index contributed by atoms with van der Waals surface area (Å²) < 4.78 is 12.1. The van der Waals surface area contributed by atoms with E-state index in [1.807, 2.05) is 103 Å². The van der Waals surface area contributed by atoms with Gasteiger partial charge < -0.3 is 14.5 Å². The van der Waals surface area contributed by atoms with E-state index in [-0.39, 0.29) is 24.1 Å². The molecule has 6 aromatic rings. The number of hydrogen-bond donors (Lipinski definition) is 1. The van der Waals surface area contributed by atoms with Crippen molar-refractivity contribution in [2.24, 2.45) is 4.99 Å². The Kier molecular flexibility index (Phi) is 8.05. The van der Waals surface area contributed by atoms with Crippen LogP contribution in [-0.4, -0.2) is 42.8 Å². The summed E-state index contributed by atoms with van der Waals surface area (Å²) in [5.74, 6) is 1.36. The predicted octanol–water partition coefficient (Wildman–Crippen LogP) is 6.58. The van der Waals surface area contributed by atoms with Crippen molar-refractivity contribution < 1.29 is 13.9 Å². The van der Waals surface area contributed by atoms with Gasteiger partial charge in [-0.2, -0.15) is 0 Å². The van der Waals surface area contributed by atoms with Gasteiger partial charge in [-0.05, 0) is 35.6 Å². The van der Waals surface area contributed by atoms with Crippen molar-refractivity contribution in [3.05, 3.63) is 143 Å². The summed E-state index contributed by atoms with van der Waals surface area (Å²) in [6, 6.07) is 29.7. The van der Waals surface area contributed by atoms with Crippen LogP contribution in [0, 0.1) is 0 Å². The molecule has 1 atom stereocenters. The highest BCUT2D eigenvalue weighted by molar-refractivity contribution is 6.16. The first kappa shape index (κ1) is 29.5. The number of hydrogen-bond acceptors (Lipinski definition) is 10. The zero-order valence-electron chi connectivity index (χ0n) is 26.0. The molecule has 236 valence electrons. The number of Topliss-reactive ketones (excluding diaryl/α,β-unsaturated/α-hetero) is 1. The Labute approximate surface area is 277 Å². The molecular weight excluding hydrogens is 602 g/mol. The standard InChI is InChI=1S/C38H31N7O3/c46-32-18-28-13-7-8-14-30(28)33(26-11-5-2-6-12-26)42-36(32)43-38-45-44-37(48-38)34-31(29-20-40-35(41-21-29)27-15-16-27)17-25(19-39-34)23-47-22-24-9-3-1-4-10-24/h1-14,17,19-21,27,36H,15-16,18,22-23H2,(H,43,45)/t36-/m1/s1. The number of benzene rings is 3. The lowest BCUT2D eigenvalue weighted by molar-refractivity contribution is -0.119. The fourth-order valence-corrected chi connectivity index (χ4v) is 5.76. The maximum atomic E-state index is 13.5. The van der Waals surface area contributed by atoms with Crippen LogP contribution in [0.2, 0.25) is 0 Å². The molecule has 10 nitrogen and oxygen atoms in total. The van der Waals surface area contributed by atoms with E-state index in [2.05, 4.69) is 25.5 Å². The SMILES string of the molecule is O=C1Cc2ccccc2C(c2ccccc2)=N[C@@H]1Nc1nnc(-c2ncc(COCc3ccccc3)cc2-c2cnc(C3CC3)nc2)o1. The monoisotopic (exact) mass is 633 g/mol. The van der Waals surface area contributed by atoms with Crippen LogP contribution in [-0.2, 0) is 29.2 Å². The number of carbonyl (C=O) groups excluding carboxylic acids is 1. The maximum Gasteiger partial charge on any atom is 0.317 e. The van der Waals surface area contributed by atoms with Gasteiger partial charge in [0, 0.05) is 53.2 Å². The van der Waals surface area contributed by atoms with Crippen molar-refractivity contribution >= 4 is 17.5 Å². The van der Waals surface area contributed by atoms with Gasteiger partial charge in [-0.25, -0.2) is 9.97 Å². The Hall–Kier alpha value is -5.87. The van der Waals surface area contributed by atoms with Gasteiger partial charge in [-0.15, -0.1) is 5.10 Å². The van der Waals surface area contributed by atoms with E-state index >= 15 is 0 Å². The molecule has 0 spiro atoms. The normalized spacial score (nSPS) is 15.8. The summed E-state index contributed by atoms with van der Waals surface area (Å²) in [5, 5.41) is 11.6. The number of ketones is 1. The predicted molar refractivity (Wildman–Crippen MR) is 180 cm³/mol. The minimum absolute atomic E-state index is 0.0637. The number of aliphatic imine (C=N–C) groups is 1. The zero-order chi connectivity index (χ0) is 32.3. The third-order valence-corrected chi connectivity index (χ3v) is 8.39. The molecule has 0 bridgehead atoms. The highest BCUT2D eigenvalue weighted by atomic mass is 16.5. The van der Waals surface area contributed by atoms with E-state index in [9.17, 15) is 4.79 Å². The van der Waals surface area contributed by atoms with Crippen molar-refractivity contribution in [1.29, 1.82) is 0 Å².